The highest BCUT2D eigenvalue weighted by atomic mass is 16.4. The number of aromatic nitrogens is 3. The fourth-order valence-electron chi connectivity index (χ4n) is 4.26. The van der Waals surface area contributed by atoms with Gasteiger partial charge in [0.25, 0.3) is 0 Å². The summed E-state index contributed by atoms with van der Waals surface area (Å²) in [5.41, 5.74) is 1.74. The van der Waals surface area contributed by atoms with Gasteiger partial charge in [0.2, 0.25) is 0 Å². The minimum atomic E-state index is -0.708. The Morgan fingerprint density at radius 1 is 1.21 bits per heavy atom. The molecule has 1 saturated carbocycles. The van der Waals surface area contributed by atoms with E-state index in [-0.39, 0.29) is 6.04 Å². The van der Waals surface area contributed by atoms with E-state index in [1.807, 2.05) is 30.3 Å². The number of carbonyl (C=O) groups is 1. The van der Waals surface area contributed by atoms with Crippen LogP contribution in [0, 0.1) is 5.92 Å². The third kappa shape index (κ3) is 2.82. The fourth-order valence-corrected chi connectivity index (χ4v) is 4.26. The van der Waals surface area contributed by atoms with Gasteiger partial charge in [0.05, 0.1) is 17.6 Å². The Hall–Kier alpha value is -2.21. The first-order chi connectivity index (χ1) is 11.7. The van der Waals surface area contributed by atoms with E-state index >= 15 is 0 Å². The number of carboxylic acids is 1. The van der Waals surface area contributed by atoms with Crippen molar-refractivity contribution >= 4 is 5.97 Å². The lowest BCUT2D eigenvalue weighted by atomic mass is 9.85. The molecular formula is C18H22N4O2. The van der Waals surface area contributed by atoms with Crippen molar-refractivity contribution in [1.82, 2.24) is 19.9 Å². The van der Waals surface area contributed by atoms with E-state index in [4.69, 9.17) is 0 Å². The lowest BCUT2D eigenvalue weighted by molar-refractivity contribution is -0.142. The van der Waals surface area contributed by atoms with Crippen LogP contribution in [0.3, 0.4) is 0 Å². The summed E-state index contributed by atoms with van der Waals surface area (Å²) in [6.07, 6.45) is 7.20. The van der Waals surface area contributed by atoms with Gasteiger partial charge in [-0.05, 0) is 37.3 Å². The Morgan fingerprint density at radius 3 is 2.79 bits per heavy atom. The molecule has 3 unspecified atom stereocenters. The van der Waals surface area contributed by atoms with Crippen LogP contribution in [0.2, 0.25) is 0 Å². The summed E-state index contributed by atoms with van der Waals surface area (Å²) < 4.78 is 0. The molecule has 1 aromatic carbocycles. The van der Waals surface area contributed by atoms with E-state index in [2.05, 4.69) is 15.1 Å². The van der Waals surface area contributed by atoms with E-state index in [1.54, 1.807) is 11.0 Å². The van der Waals surface area contributed by atoms with E-state index < -0.39 is 5.97 Å². The van der Waals surface area contributed by atoms with E-state index in [1.165, 1.54) is 12.8 Å². The number of carboxylic acid groups (broad SMARTS) is 1. The van der Waals surface area contributed by atoms with Crippen molar-refractivity contribution in [3.8, 4) is 5.69 Å². The maximum atomic E-state index is 11.7. The van der Waals surface area contributed by atoms with E-state index in [9.17, 15) is 9.90 Å². The highest BCUT2D eigenvalue weighted by molar-refractivity contribution is 5.74. The molecule has 6 nitrogen and oxygen atoms in total. The second-order valence-corrected chi connectivity index (χ2v) is 6.83. The molecule has 1 N–H and O–H groups in total. The van der Waals surface area contributed by atoms with Crippen LogP contribution in [0.25, 0.3) is 5.69 Å². The standard InChI is InChI=1S/C18H22N4O2/c23-18(24)17-10-13-6-4-5-9-16(13)21(17)12-14-11-19-22(20-14)15-7-2-1-3-8-15/h1-3,7-8,11,13,16-17H,4-6,9-10,12H2,(H,23,24). The van der Waals surface area contributed by atoms with Crippen molar-refractivity contribution in [3.05, 3.63) is 42.2 Å². The number of hydrogen-bond donors (Lipinski definition) is 1. The molecule has 3 atom stereocenters. The highest BCUT2D eigenvalue weighted by Crippen LogP contribution is 2.40. The zero-order valence-electron chi connectivity index (χ0n) is 13.6. The molecule has 0 radical (unpaired) electrons. The predicted octanol–water partition coefficient (Wildman–Crippen LogP) is 2.49. The molecule has 2 aliphatic rings. The topological polar surface area (TPSA) is 71.2 Å². The first-order valence-electron chi connectivity index (χ1n) is 8.67. The van der Waals surface area contributed by atoms with Gasteiger partial charge in [-0.25, -0.2) is 0 Å². The Labute approximate surface area is 141 Å². The minimum Gasteiger partial charge on any atom is -0.480 e. The molecule has 0 bridgehead atoms. The maximum Gasteiger partial charge on any atom is 0.320 e. The fraction of sp³-hybridized carbons (Fsp3) is 0.500. The average Bonchev–Trinajstić information content (AvgIpc) is 3.21. The monoisotopic (exact) mass is 326 g/mol. The number of aliphatic carboxylic acids is 1. The predicted molar refractivity (Wildman–Crippen MR) is 88.7 cm³/mol. The molecule has 2 aromatic rings. The number of hydrogen-bond acceptors (Lipinski definition) is 4. The van der Waals surface area contributed by atoms with Crippen LogP contribution in [-0.2, 0) is 11.3 Å². The second-order valence-electron chi connectivity index (χ2n) is 6.83. The Balaban J connectivity index is 1.55. The zero-order valence-corrected chi connectivity index (χ0v) is 13.6. The molecular weight excluding hydrogens is 304 g/mol. The number of benzene rings is 1. The van der Waals surface area contributed by atoms with Crippen molar-refractivity contribution in [2.24, 2.45) is 5.92 Å². The average molecular weight is 326 g/mol. The van der Waals surface area contributed by atoms with Crippen LogP contribution in [0.1, 0.15) is 37.8 Å². The largest absolute Gasteiger partial charge is 0.480 e. The van der Waals surface area contributed by atoms with Crippen LogP contribution in [0.15, 0.2) is 36.5 Å². The van der Waals surface area contributed by atoms with Gasteiger partial charge in [-0.1, -0.05) is 31.0 Å². The summed E-state index contributed by atoms with van der Waals surface area (Å²) in [7, 11) is 0. The molecule has 24 heavy (non-hydrogen) atoms. The van der Waals surface area contributed by atoms with Gasteiger partial charge >= 0.3 is 5.97 Å². The Kier molecular flexibility index (Phi) is 4.06. The normalized spacial score (nSPS) is 27.1. The molecule has 126 valence electrons. The van der Waals surface area contributed by atoms with Crippen molar-refractivity contribution in [2.45, 2.75) is 50.7 Å². The number of nitrogens with zero attached hydrogens (tertiary/aromatic N) is 4. The van der Waals surface area contributed by atoms with Crippen molar-refractivity contribution in [2.75, 3.05) is 0 Å². The summed E-state index contributed by atoms with van der Waals surface area (Å²) in [6.45, 7) is 0.560. The molecule has 0 amide bonds. The molecule has 1 aliphatic carbocycles. The molecule has 4 rings (SSSR count). The summed E-state index contributed by atoms with van der Waals surface area (Å²) in [5.74, 6) is -0.191. The Bertz CT molecular complexity index is 715. The summed E-state index contributed by atoms with van der Waals surface area (Å²) in [5, 5.41) is 18.5. The minimum absolute atomic E-state index is 0.377. The quantitative estimate of drug-likeness (QED) is 0.934. The number of likely N-dealkylation sites (tertiary alicyclic amines) is 1. The Morgan fingerprint density at radius 2 is 2.00 bits per heavy atom. The number of rotatable bonds is 4. The molecule has 2 heterocycles. The van der Waals surface area contributed by atoms with E-state index in [0.29, 0.717) is 18.5 Å². The lowest BCUT2D eigenvalue weighted by Crippen LogP contribution is -2.41. The molecule has 0 spiro atoms. The maximum absolute atomic E-state index is 11.7. The number of fused-ring (bicyclic) bond motifs is 1. The van der Waals surface area contributed by atoms with Gasteiger partial charge in [0, 0.05) is 12.6 Å². The van der Waals surface area contributed by atoms with Gasteiger partial charge in [0.1, 0.15) is 6.04 Å². The summed E-state index contributed by atoms with van der Waals surface area (Å²) >= 11 is 0. The second kappa shape index (κ2) is 6.36. The third-order valence-corrected chi connectivity index (χ3v) is 5.38. The first-order valence-corrected chi connectivity index (χ1v) is 8.67. The van der Waals surface area contributed by atoms with Crippen LogP contribution >= 0.6 is 0 Å². The van der Waals surface area contributed by atoms with Crippen molar-refractivity contribution in [3.63, 3.8) is 0 Å². The van der Waals surface area contributed by atoms with Crippen LogP contribution in [-0.4, -0.2) is 43.1 Å². The van der Waals surface area contributed by atoms with Crippen LogP contribution in [0.5, 0.6) is 0 Å². The van der Waals surface area contributed by atoms with Gasteiger partial charge < -0.3 is 5.11 Å². The summed E-state index contributed by atoms with van der Waals surface area (Å²) in [4.78, 5) is 15.4. The smallest absolute Gasteiger partial charge is 0.320 e. The lowest BCUT2D eigenvalue weighted by Gasteiger charge is -2.32. The SMILES string of the molecule is O=C(O)C1CC2CCCCC2N1Cc1cnn(-c2ccccc2)n1. The van der Waals surface area contributed by atoms with E-state index in [0.717, 1.165) is 30.6 Å². The van der Waals surface area contributed by atoms with Crippen molar-refractivity contribution in [1.29, 1.82) is 0 Å². The molecule has 2 fully saturated rings. The molecule has 6 heteroatoms. The van der Waals surface area contributed by atoms with Gasteiger partial charge in [-0.3, -0.25) is 9.69 Å². The van der Waals surface area contributed by atoms with Crippen LogP contribution in [0.4, 0.5) is 0 Å². The van der Waals surface area contributed by atoms with Crippen LogP contribution < -0.4 is 0 Å². The molecule has 1 aromatic heterocycles. The van der Waals surface area contributed by atoms with Gasteiger partial charge in [-0.2, -0.15) is 15.0 Å². The molecule has 1 aliphatic heterocycles. The zero-order chi connectivity index (χ0) is 16.5. The van der Waals surface area contributed by atoms with Crippen molar-refractivity contribution < 1.29 is 9.90 Å². The van der Waals surface area contributed by atoms with Gasteiger partial charge in [-0.15, -0.1) is 0 Å². The van der Waals surface area contributed by atoms with Gasteiger partial charge in [0.15, 0.2) is 0 Å². The highest BCUT2D eigenvalue weighted by Gasteiger charge is 2.45. The summed E-state index contributed by atoms with van der Waals surface area (Å²) in [6, 6.07) is 9.76. The third-order valence-electron chi connectivity index (χ3n) is 5.38. The number of para-hydroxylation sites is 1. The first kappa shape index (κ1) is 15.3. The molecule has 1 saturated heterocycles.